The van der Waals surface area contributed by atoms with Crippen LogP contribution in [0.4, 0.5) is 5.69 Å². The van der Waals surface area contributed by atoms with Gasteiger partial charge in [0, 0.05) is 48.2 Å². The van der Waals surface area contributed by atoms with Crippen molar-refractivity contribution in [3.05, 3.63) is 58.8 Å². The third-order valence-corrected chi connectivity index (χ3v) is 4.92. The van der Waals surface area contributed by atoms with Crippen LogP contribution in [0.15, 0.2) is 53.3 Å². The number of pyridine rings is 1. The summed E-state index contributed by atoms with van der Waals surface area (Å²) in [5.41, 5.74) is 2.47. The maximum atomic E-state index is 4.20. The van der Waals surface area contributed by atoms with Gasteiger partial charge in [-0.15, -0.1) is 0 Å². The highest BCUT2D eigenvalue weighted by molar-refractivity contribution is 9.10. The highest BCUT2D eigenvalue weighted by atomic mass is 79.9. The predicted molar refractivity (Wildman–Crippen MR) is 103 cm³/mol. The van der Waals surface area contributed by atoms with Crippen LogP contribution in [0.3, 0.4) is 0 Å². The maximum Gasteiger partial charge on any atom is 0.0351 e. The normalized spacial score (nSPS) is 16.2. The van der Waals surface area contributed by atoms with Gasteiger partial charge in [-0.1, -0.05) is 28.1 Å². The molecule has 3 rings (SSSR count). The quantitative estimate of drug-likeness (QED) is 0.711. The lowest BCUT2D eigenvalue weighted by Gasteiger charge is -2.32. The Bertz CT molecular complexity index is 612. The van der Waals surface area contributed by atoms with Crippen LogP contribution in [-0.2, 0) is 6.54 Å². The van der Waals surface area contributed by atoms with Crippen molar-refractivity contribution in [3.8, 4) is 0 Å². The van der Waals surface area contributed by atoms with E-state index in [1.165, 1.54) is 18.4 Å². The van der Waals surface area contributed by atoms with Gasteiger partial charge in [0.25, 0.3) is 0 Å². The van der Waals surface area contributed by atoms with Gasteiger partial charge < -0.3 is 10.6 Å². The van der Waals surface area contributed by atoms with Crippen LogP contribution in [0.1, 0.15) is 18.4 Å². The summed E-state index contributed by atoms with van der Waals surface area (Å²) in [6.45, 7) is 5.29. The van der Waals surface area contributed by atoms with Crippen LogP contribution in [0.2, 0.25) is 0 Å². The number of hydrogen-bond acceptors (Lipinski definition) is 4. The van der Waals surface area contributed by atoms with Gasteiger partial charge in [-0.05, 0) is 55.8 Å². The molecule has 4 nitrogen and oxygen atoms in total. The van der Waals surface area contributed by atoms with E-state index in [4.69, 9.17) is 0 Å². The molecule has 1 aliphatic rings. The Hall–Kier alpha value is -1.43. The minimum absolute atomic E-state index is 0.638. The molecule has 2 aromatic rings. The summed E-state index contributed by atoms with van der Waals surface area (Å²) in [5, 5.41) is 7.13. The van der Waals surface area contributed by atoms with Crippen molar-refractivity contribution in [2.45, 2.75) is 25.4 Å². The summed E-state index contributed by atoms with van der Waals surface area (Å²) in [6, 6.07) is 13.1. The second-order valence-electron chi connectivity index (χ2n) is 6.30. The first-order chi connectivity index (χ1) is 11.8. The molecule has 24 heavy (non-hydrogen) atoms. The number of hydrogen-bond donors (Lipinski definition) is 2. The van der Waals surface area contributed by atoms with Gasteiger partial charge >= 0.3 is 0 Å². The number of anilines is 1. The standard InChI is InChI=1S/C19H25BrN4/c20-17-4-1-5-19(13-17)23-10-9-22-18-6-11-24(12-7-18)15-16-3-2-8-21-14-16/h1-5,8,13-14,18,22-23H,6-7,9-12,15H2. The minimum Gasteiger partial charge on any atom is -0.384 e. The van der Waals surface area contributed by atoms with Crippen molar-refractivity contribution >= 4 is 21.6 Å². The predicted octanol–water partition coefficient (Wildman–Crippen LogP) is 3.51. The number of piperidine rings is 1. The first kappa shape index (κ1) is 17.4. The number of rotatable bonds is 7. The highest BCUT2D eigenvalue weighted by Crippen LogP contribution is 2.15. The molecule has 1 fully saturated rings. The number of nitrogens with zero attached hydrogens (tertiary/aromatic N) is 2. The zero-order valence-corrected chi connectivity index (χ0v) is 15.5. The summed E-state index contributed by atoms with van der Waals surface area (Å²) < 4.78 is 1.11. The fraction of sp³-hybridized carbons (Fsp3) is 0.421. The van der Waals surface area contributed by atoms with Crippen molar-refractivity contribution < 1.29 is 0 Å². The largest absolute Gasteiger partial charge is 0.384 e. The van der Waals surface area contributed by atoms with Crippen molar-refractivity contribution in [2.75, 3.05) is 31.5 Å². The molecule has 0 atom stereocenters. The van der Waals surface area contributed by atoms with Gasteiger partial charge in [0.2, 0.25) is 0 Å². The lowest BCUT2D eigenvalue weighted by molar-refractivity contribution is 0.191. The van der Waals surface area contributed by atoms with Crippen molar-refractivity contribution in [3.63, 3.8) is 0 Å². The molecule has 0 radical (unpaired) electrons. The topological polar surface area (TPSA) is 40.2 Å². The lowest BCUT2D eigenvalue weighted by atomic mass is 10.0. The van der Waals surface area contributed by atoms with E-state index in [1.807, 2.05) is 24.5 Å². The van der Waals surface area contributed by atoms with E-state index in [9.17, 15) is 0 Å². The van der Waals surface area contributed by atoms with Crippen LogP contribution in [0.25, 0.3) is 0 Å². The Labute approximate surface area is 152 Å². The Morgan fingerprint density at radius 2 is 2.00 bits per heavy atom. The molecule has 0 unspecified atom stereocenters. The number of aromatic nitrogens is 1. The fourth-order valence-corrected chi connectivity index (χ4v) is 3.53. The van der Waals surface area contributed by atoms with Gasteiger partial charge in [-0.2, -0.15) is 0 Å². The zero-order valence-electron chi connectivity index (χ0n) is 13.9. The highest BCUT2D eigenvalue weighted by Gasteiger charge is 2.18. The van der Waals surface area contributed by atoms with E-state index in [1.54, 1.807) is 0 Å². The van der Waals surface area contributed by atoms with Crippen LogP contribution in [0.5, 0.6) is 0 Å². The second kappa shape index (κ2) is 9.16. The summed E-state index contributed by atoms with van der Waals surface area (Å²) in [4.78, 5) is 6.72. The monoisotopic (exact) mass is 388 g/mol. The second-order valence-corrected chi connectivity index (χ2v) is 7.22. The Morgan fingerprint density at radius 1 is 1.12 bits per heavy atom. The molecule has 1 aromatic carbocycles. The van der Waals surface area contributed by atoms with Gasteiger partial charge in [0.05, 0.1) is 0 Å². The number of halogens is 1. The molecule has 0 aliphatic carbocycles. The molecule has 128 valence electrons. The van der Waals surface area contributed by atoms with Gasteiger partial charge in [-0.25, -0.2) is 0 Å². The van der Waals surface area contributed by atoms with Crippen molar-refractivity contribution in [1.29, 1.82) is 0 Å². The smallest absolute Gasteiger partial charge is 0.0351 e. The molecule has 0 saturated carbocycles. The average molecular weight is 389 g/mol. The molecule has 1 aromatic heterocycles. The molecule has 2 heterocycles. The van der Waals surface area contributed by atoms with Gasteiger partial charge in [0.15, 0.2) is 0 Å². The number of nitrogens with one attached hydrogen (secondary N) is 2. The van der Waals surface area contributed by atoms with Crippen molar-refractivity contribution in [1.82, 2.24) is 15.2 Å². The van der Waals surface area contributed by atoms with E-state index in [0.29, 0.717) is 6.04 Å². The minimum atomic E-state index is 0.638. The molecule has 0 spiro atoms. The molecule has 0 bridgehead atoms. The van der Waals surface area contributed by atoms with Crippen LogP contribution < -0.4 is 10.6 Å². The fourth-order valence-electron chi connectivity index (χ4n) is 3.13. The third-order valence-electron chi connectivity index (χ3n) is 4.43. The maximum absolute atomic E-state index is 4.20. The van der Waals surface area contributed by atoms with E-state index >= 15 is 0 Å². The van der Waals surface area contributed by atoms with Gasteiger partial charge in [-0.3, -0.25) is 9.88 Å². The molecular weight excluding hydrogens is 364 g/mol. The van der Waals surface area contributed by atoms with E-state index in [0.717, 1.165) is 42.9 Å². The SMILES string of the molecule is Brc1cccc(NCCNC2CCN(Cc3cccnc3)CC2)c1. The number of benzene rings is 1. The summed E-state index contributed by atoms with van der Waals surface area (Å²) in [5.74, 6) is 0. The molecule has 5 heteroatoms. The first-order valence-corrected chi connectivity index (χ1v) is 9.43. The molecule has 0 amide bonds. The number of likely N-dealkylation sites (tertiary alicyclic amines) is 1. The molecular formula is C19H25BrN4. The zero-order chi connectivity index (χ0) is 16.6. The lowest BCUT2D eigenvalue weighted by Crippen LogP contribution is -2.43. The third kappa shape index (κ3) is 5.58. The van der Waals surface area contributed by atoms with Crippen LogP contribution in [0, 0.1) is 0 Å². The van der Waals surface area contributed by atoms with E-state index in [2.05, 4.69) is 60.7 Å². The average Bonchev–Trinajstić information content (AvgIpc) is 2.61. The Morgan fingerprint density at radius 3 is 2.75 bits per heavy atom. The van der Waals surface area contributed by atoms with E-state index < -0.39 is 0 Å². The molecule has 1 aliphatic heterocycles. The summed E-state index contributed by atoms with van der Waals surface area (Å²) >= 11 is 3.50. The summed E-state index contributed by atoms with van der Waals surface area (Å²) in [7, 11) is 0. The van der Waals surface area contributed by atoms with Gasteiger partial charge in [0.1, 0.15) is 0 Å². The molecule has 1 saturated heterocycles. The van der Waals surface area contributed by atoms with Crippen LogP contribution in [-0.4, -0.2) is 42.1 Å². The first-order valence-electron chi connectivity index (χ1n) is 8.64. The Balaban J connectivity index is 1.31. The summed E-state index contributed by atoms with van der Waals surface area (Å²) in [6.07, 6.45) is 6.24. The molecule has 2 N–H and O–H groups in total. The van der Waals surface area contributed by atoms with Crippen molar-refractivity contribution in [2.24, 2.45) is 0 Å². The Kier molecular flexibility index (Phi) is 6.64. The van der Waals surface area contributed by atoms with E-state index in [-0.39, 0.29) is 0 Å². The van der Waals surface area contributed by atoms with Crippen LogP contribution >= 0.6 is 15.9 Å².